The summed E-state index contributed by atoms with van der Waals surface area (Å²) in [6.45, 7) is 1.98. The zero-order valence-corrected chi connectivity index (χ0v) is 20.1. The maximum Gasteiger partial charge on any atom is 0.275 e. The number of aromatic amines is 1. The van der Waals surface area contributed by atoms with Crippen LogP contribution >= 0.6 is 11.3 Å². The highest BCUT2D eigenvalue weighted by molar-refractivity contribution is 7.17. The molecule has 1 fully saturated rings. The smallest absolute Gasteiger partial charge is 0.275 e. The summed E-state index contributed by atoms with van der Waals surface area (Å²) in [6, 6.07) is 20.6. The lowest BCUT2D eigenvalue weighted by atomic mass is 9.94. The van der Waals surface area contributed by atoms with Gasteiger partial charge in [0.05, 0.1) is 10.2 Å². The van der Waals surface area contributed by atoms with E-state index in [4.69, 9.17) is 0 Å². The molecule has 2 amide bonds. The van der Waals surface area contributed by atoms with Gasteiger partial charge in [-0.2, -0.15) is 0 Å². The van der Waals surface area contributed by atoms with Gasteiger partial charge < -0.3 is 10.3 Å². The Hall–Kier alpha value is -3.38. The lowest BCUT2D eigenvalue weighted by Gasteiger charge is -2.34. The Bertz CT molecular complexity index is 1260. The number of nitrogens with one attached hydrogen (secondary N) is 2. The van der Waals surface area contributed by atoms with Gasteiger partial charge >= 0.3 is 0 Å². The lowest BCUT2D eigenvalue weighted by Crippen LogP contribution is -2.47. The van der Waals surface area contributed by atoms with Crippen molar-refractivity contribution in [1.29, 1.82) is 0 Å². The molecule has 2 heterocycles. The van der Waals surface area contributed by atoms with E-state index in [1.54, 1.807) is 16.2 Å². The molecule has 1 saturated carbocycles. The molecule has 2 aromatic carbocycles. The minimum Gasteiger partial charge on any atom is -0.351 e. The van der Waals surface area contributed by atoms with Gasteiger partial charge in [0.2, 0.25) is 5.91 Å². The van der Waals surface area contributed by atoms with E-state index >= 15 is 0 Å². The topological polar surface area (TPSA) is 65.2 Å². The molecule has 5 rings (SSSR count). The van der Waals surface area contributed by atoms with Crippen molar-refractivity contribution in [2.45, 2.75) is 51.1 Å². The van der Waals surface area contributed by atoms with Gasteiger partial charge in [-0.1, -0.05) is 67.8 Å². The Kier molecular flexibility index (Phi) is 6.50. The Labute approximate surface area is 203 Å². The molecule has 0 aliphatic heterocycles. The SMILES string of the molecule is Cc1ccccc1N(C(=O)c1cc2sccc2[nH]1)[C@@H](C(=O)NC1CCCCC1)c1ccccc1. The first kappa shape index (κ1) is 22.4. The number of nitrogens with zero attached hydrogens (tertiary/aromatic N) is 1. The van der Waals surface area contributed by atoms with Crippen LogP contribution in [0.2, 0.25) is 0 Å². The number of carbonyl (C=O) groups excluding carboxylic acids is 2. The number of thiophene rings is 1. The third kappa shape index (κ3) is 4.50. The standard InChI is InChI=1S/C28H29N3O2S/c1-19-10-8-9-15-24(19)31(28(33)23-18-25-22(30-23)16-17-34-25)26(20-11-4-2-5-12-20)27(32)29-21-13-6-3-7-14-21/h2,4-5,8-12,15-18,21,26,30H,3,6-7,13-14H2,1H3,(H,29,32)/t26-/m1/s1. The van der Waals surface area contributed by atoms with Crippen molar-refractivity contribution in [3.8, 4) is 0 Å². The van der Waals surface area contributed by atoms with Crippen LogP contribution in [0.4, 0.5) is 5.69 Å². The van der Waals surface area contributed by atoms with Crippen LogP contribution in [0.5, 0.6) is 0 Å². The number of hydrogen-bond acceptors (Lipinski definition) is 3. The average molecular weight is 472 g/mol. The van der Waals surface area contributed by atoms with E-state index in [1.807, 2.05) is 79.0 Å². The number of H-pyrrole nitrogens is 1. The Morgan fingerprint density at radius 1 is 1.00 bits per heavy atom. The Morgan fingerprint density at radius 3 is 2.47 bits per heavy atom. The first-order valence-electron chi connectivity index (χ1n) is 11.9. The van der Waals surface area contributed by atoms with Crippen molar-refractivity contribution in [2.75, 3.05) is 4.90 Å². The predicted molar refractivity (Wildman–Crippen MR) is 138 cm³/mol. The van der Waals surface area contributed by atoms with Gasteiger partial charge in [0.15, 0.2) is 0 Å². The van der Waals surface area contributed by atoms with Crippen molar-refractivity contribution in [3.05, 3.63) is 88.9 Å². The highest BCUT2D eigenvalue weighted by Crippen LogP contribution is 2.33. The third-order valence-corrected chi connectivity index (χ3v) is 7.50. The largest absolute Gasteiger partial charge is 0.351 e. The van der Waals surface area contributed by atoms with Crippen molar-refractivity contribution in [3.63, 3.8) is 0 Å². The number of benzene rings is 2. The van der Waals surface area contributed by atoms with Gasteiger partial charge in [0.25, 0.3) is 5.91 Å². The molecule has 6 heteroatoms. The van der Waals surface area contributed by atoms with Crippen LogP contribution in [0.25, 0.3) is 10.2 Å². The first-order chi connectivity index (χ1) is 16.6. The minimum atomic E-state index is -0.780. The van der Waals surface area contributed by atoms with Crippen LogP contribution < -0.4 is 10.2 Å². The van der Waals surface area contributed by atoms with E-state index in [9.17, 15) is 9.59 Å². The van der Waals surface area contributed by atoms with Gasteiger partial charge in [-0.3, -0.25) is 14.5 Å². The second-order valence-electron chi connectivity index (χ2n) is 9.00. The normalized spacial score (nSPS) is 15.2. The molecule has 0 radical (unpaired) electrons. The predicted octanol–water partition coefficient (Wildman–Crippen LogP) is 6.37. The number of anilines is 1. The summed E-state index contributed by atoms with van der Waals surface area (Å²) in [4.78, 5) is 32.9. The number of aryl methyl sites for hydroxylation is 1. The van der Waals surface area contributed by atoms with Crippen LogP contribution in [0.1, 0.15) is 59.8 Å². The van der Waals surface area contributed by atoms with Crippen LogP contribution in [-0.4, -0.2) is 22.8 Å². The quantitative estimate of drug-likeness (QED) is 0.343. The Balaban J connectivity index is 1.60. The van der Waals surface area contributed by atoms with Crippen molar-refractivity contribution in [1.82, 2.24) is 10.3 Å². The van der Waals surface area contributed by atoms with E-state index < -0.39 is 6.04 Å². The second kappa shape index (κ2) is 9.85. The van der Waals surface area contributed by atoms with E-state index in [0.717, 1.165) is 52.7 Å². The third-order valence-electron chi connectivity index (χ3n) is 6.64. The maximum absolute atomic E-state index is 14.1. The number of hydrogen-bond donors (Lipinski definition) is 2. The molecule has 1 aliphatic rings. The van der Waals surface area contributed by atoms with E-state index in [1.165, 1.54) is 6.42 Å². The Morgan fingerprint density at radius 2 is 1.74 bits per heavy atom. The molecule has 5 nitrogen and oxygen atoms in total. The molecule has 2 aromatic heterocycles. The molecule has 0 spiro atoms. The van der Waals surface area contributed by atoms with Crippen LogP contribution in [-0.2, 0) is 4.79 Å². The summed E-state index contributed by atoms with van der Waals surface area (Å²) in [7, 11) is 0. The van der Waals surface area contributed by atoms with Gasteiger partial charge in [-0.25, -0.2) is 0 Å². The number of fused-ring (bicyclic) bond motifs is 1. The highest BCUT2D eigenvalue weighted by Gasteiger charge is 2.35. The van der Waals surface area contributed by atoms with Crippen molar-refractivity contribution in [2.24, 2.45) is 0 Å². The molecule has 0 saturated heterocycles. The van der Waals surface area contributed by atoms with E-state index in [2.05, 4.69) is 10.3 Å². The zero-order valence-electron chi connectivity index (χ0n) is 19.3. The summed E-state index contributed by atoms with van der Waals surface area (Å²) in [6.07, 6.45) is 5.43. The molecular weight excluding hydrogens is 442 g/mol. The number of rotatable bonds is 6. The van der Waals surface area contributed by atoms with Gasteiger partial charge in [-0.15, -0.1) is 11.3 Å². The van der Waals surface area contributed by atoms with Crippen LogP contribution in [0.3, 0.4) is 0 Å². The minimum absolute atomic E-state index is 0.136. The summed E-state index contributed by atoms with van der Waals surface area (Å²) >= 11 is 1.59. The number of amides is 2. The zero-order chi connectivity index (χ0) is 23.5. The molecule has 174 valence electrons. The molecule has 2 N–H and O–H groups in total. The van der Waals surface area contributed by atoms with E-state index in [0.29, 0.717) is 5.69 Å². The summed E-state index contributed by atoms with van der Waals surface area (Å²) in [5.41, 5.74) is 3.88. The fourth-order valence-electron chi connectivity index (χ4n) is 4.87. The van der Waals surface area contributed by atoms with Gasteiger partial charge in [0.1, 0.15) is 11.7 Å². The molecule has 34 heavy (non-hydrogen) atoms. The number of aromatic nitrogens is 1. The second-order valence-corrected chi connectivity index (χ2v) is 9.95. The lowest BCUT2D eigenvalue weighted by molar-refractivity contribution is -0.123. The molecule has 0 bridgehead atoms. The fourth-order valence-corrected chi connectivity index (χ4v) is 5.66. The van der Waals surface area contributed by atoms with Gasteiger partial charge in [-0.05, 0) is 54.5 Å². The summed E-state index contributed by atoms with van der Waals surface area (Å²) in [5.74, 6) is -0.353. The van der Waals surface area contributed by atoms with Gasteiger partial charge in [0, 0.05) is 11.7 Å². The molecular formula is C28H29N3O2S. The van der Waals surface area contributed by atoms with Crippen molar-refractivity contribution >= 4 is 39.1 Å². The number of para-hydroxylation sites is 1. The fraction of sp³-hybridized carbons (Fsp3) is 0.286. The summed E-state index contributed by atoms with van der Waals surface area (Å²) in [5, 5.41) is 5.27. The highest BCUT2D eigenvalue weighted by atomic mass is 32.1. The maximum atomic E-state index is 14.1. The van der Waals surface area contributed by atoms with E-state index in [-0.39, 0.29) is 17.9 Å². The molecule has 1 aliphatic carbocycles. The van der Waals surface area contributed by atoms with Crippen LogP contribution in [0.15, 0.2) is 72.1 Å². The number of carbonyl (C=O) groups is 2. The first-order valence-corrected chi connectivity index (χ1v) is 12.8. The summed E-state index contributed by atoms with van der Waals surface area (Å²) < 4.78 is 1.02. The molecule has 0 unspecified atom stereocenters. The molecule has 4 aromatic rings. The van der Waals surface area contributed by atoms with Crippen LogP contribution in [0, 0.1) is 6.92 Å². The molecule has 1 atom stereocenters. The van der Waals surface area contributed by atoms with Crippen molar-refractivity contribution < 1.29 is 9.59 Å². The average Bonchev–Trinajstić information content (AvgIpc) is 3.47. The monoisotopic (exact) mass is 471 g/mol.